The van der Waals surface area contributed by atoms with Crippen molar-refractivity contribution in [3.05, 3.63) is 52.6 Å². The average molecular weight is 377 g/mol. The molecule has 142 valence electrons. The summed E-state index contributed by atoms with van der Waals surface area (Å²) in [5, 5.41) is 6.32. The van der Waals surface area contributed by atoms with Crippen LogP contribution in [0.5, 0.6) is 0 Å². The smallest absolute Gasteiger partial charge is 0.326 e. The minimum absolute atomic E-state index is 0.106. The Bertz CT molecular complexity index is 1010. The van der Waals surface area contributed by atoms with Gasteiger partial charge in [-0.2, -0.15) is 18.2 Å². The molecular weight excluding hydrogens is 359 g/mol. The lowest BCUT2D eigenvalue weighted by Gasteiger charge is -2.10. The summed E-state index contributed by atoms with van der Waals surface area (Å²) in [6.07, 6.45) is -4.13. The van der Waals surface area contributed by atoms with Gasteiger partial charge in [0.1, 0.15) is 0 Å². The molecule has 1 N–H and O–H groups in total. The van der Waals surface area contributed by atoms with Crippen LogP contribution in [0, 0.1) is 20.8 Å². The largest absolute Gasteiger partial charge is 0.453 e. The zero-order valence-electron chi connectivity index (χ0n) is 15.1. The Morgan fingerprint density at radius 1 is 1.19 bits per heavy atom. The lowest BCUT2D eigenvalue weighted by molar-refractivity contribution is -0.144. The second kappa shape index (κ2) is 6.98. The first-order valence-electron chi connectivity index (χ1n) is 8.31. The maximum atomic E-state index is 12.8. The van der Waals surface area contributed by atoms with Crippen LogP contribution in [0.3, 0.4) is 0 Å². The Balaban J connectivity index is 1.79. The van der Waals surface area contributed by atoms with Crippen molar-refractivity contribution in [3.63, 3.8) is 0 Å². The number of halogens is 3. The van der Waals surface area contributed by atoms with Gasteiger partial charge in [0.2, 0.25) is 5.91 Å². The third kappa shape index (κ3) is 4.07. The summed E-state index contributed by atoms with van der Waals surface area (Å²) in [7, 11) is 0. The molecule has 0 saturated carbocycles. The molecule has 0 saturated heterocycles. The Kier molecular flexibility index (Phi) is 4.86. The van der Waals surface area contributed by atoms with E-state index < -0.39 is 12.0 Å². The van der Waals surface area contributed by atoms with Crippen LogP contribution >= 0.6 is 0 Å². The summed E-state index contributed by atoms with van der Waals surface area (Å²) in [5.74, 6) is -1.52. The number of alkyl halides is 3. The van der Waals surface area contributed by atoms with Gasteiger partial charge in [-0.15, -0.1) is 5.10 Å². The number of nitrogens with zero attached hydrogens (tertiary/aromatic N) is 4. The fraction of sp³-hybridized carbons (Fsp3) is 0.333. The first-order valence-corrected chi connectivity index (χ1v) is 8.31. The van der Waals surface area contributed by atoms with E-state index in [-0.39, 0.29) is 18.1 Å². The topological polar surface area (TPSA) is 72.2 Å². The second-order valence-corrected chi connectivity index (χ2v) is 6.32. The highest BCUT2D eigenvalue weighted by Crippen LogP contribution is 2.27. The van der Waals surface area contributed by atoms with Crippen molar-refractivity contribution in [2.75, 3.05) is 5.32 Å². The van der Waals surface area contributed by atoms with Gasteiger partial charge in [0.05, 0.1) is 0 Å². The van der Waals surface area contributed by atoms with E-state index in [1.165, 1.54) is 0 Å². The quantitative estimate of drug-likeness (QED) is 0.754. The zero-order valence-corrected chi connectivity index (χ0v) is 15.1. The van der Waals surface area contributed by atoms with Gasteiger partial charge < -0.3 is 5.32 Å². The maximum Gasteiger partial charge on any atom is 0.453 e. The molecule has 6 nitrogen and oxygen atoms in total. The number of carbonyl (C=O) groups excluding carboxylic acids is 1. The molecule has 0 radical (unpaired) electrons. The standard InChI is InChI=1S/C18H18F3N5O/c1-10-5-4-6-13(9-10)23-15(27)8-7-14-11(2)22-17-24-16(18(19,20)21)25-26(17)12(14)3/h4-6,9H,7-8H2,1-3H3,(H,23,27). The van der Waals surface area contributed by atoms with Crippen molar-refractivity contribution >= 4 is 17.4 Å². The predicted molar refractivity (Wildman–Crippen MR) is 93.4 cm³/mol. The molecule has 3 rings (SSSR count). The van der Waals surface area contributed by atoms with Gasteiger partial charge in [-0.3, -0.25) is 4.79 Å². The van der Waals surface area contributed by atoms with Gasteiger partial charge >= 0.3 is 6.18 Å². The van der Waals surface area contributed by atoms with Crippen LogP contribution in [0.4, 0.5) is 18.9 Å². The normalized spacial score (nSPS) is 11.8. The molecule has 27 heavy (non-hydrogen) atoms. The van der Waals surface area contributed by atoms with E-state index in [0.29, 0.717) is 29.1 Å². The van der Waals surface area contributed by atoms with Gasteiger partial charge in [-0.25, -0.2) is 9.50 Å². The number of rotatable bonds is 4. The number of amides is 1. The van der Waals surface area contributed by atoms with Crippen molar-refractivity contribution in [2.45, 2.75) is 39.8 Å². The van der Waals surface area contributed by atoms with E-state index in [1.807, 2.05) is 25.1 Å². The van der Waals surface area contributed by atoms with Gasteiger partial charge in [-0.05, 0) is 50.5 Å². The molecule has 0 fully saturated rings. The van der Waals surface area contributed by atoms with Gasteiger partial charge in [0.15, 0.2) is 0 Å². The number of aromatic nitrogens is 4. The number of hydrogen-bond donors (Lipinski definition) is 1. The third-order valence-electron chi connectivity index (χ3n) is 4.21. The van der Waals surface area contributed by atoms with Crippen LogP contribution in [0.25, 0.3) is 5.78 Å². The molecule has 0 atom stereocenters. The van der Waals surface area contributed by atoms with Crippen molar-refractivity contribution in [1.29, 1.82) is 0 Å². The molecule has 2 heterocycles. The summed E-state index contributed by atoms with van der Waals surface area (Å²) < 4.78 is 39.6. The maximum absolute atomic E-state index is 12.8. The van der Waals surface area contributed by atoms with Crippen LogP contribution in [0.2, 0.25) is 0 Å². The minimum atomic E-state index is -4.64. The number of anilines is 1. The van der Waals surface area contributed by atoms with Gasteiger partial charge in [0.25, 0.3) is 11.6 Å². The van der Waals surface area contributed by atoms with Gasteiger partial charge in [-0.1, -0.05) is 12.1 Å². The second-order valence-electron chi connectivity index (χ2n) is 6.32. The van der Waals surface area contributed by atoms with E-state index in [1.54, 1.807) is 19.9 Å². The van der Waals surface area contributed by atoms with E-state index >= 15 is 0 Å². The van der Waals surface area contributed by atoms with Crippen LogP contribution in [0.15, 0.2) is 24.3 Å². The molecule has 0 aliphatic heterocycles. The monoisotopic (exact) mass is 377 g/mol. The number of benzene rings is 1. The zero-order chi connectivity index (χ0) is 19.8. The van der Waals surface area contributed by atoms with E-state index in [9.17, 15) is 18.0 Å². The van der Waals surface area contributed by atoms with Crippen molar-refractivity contribution in [1.82, 2.24) is 19.6 Å². The summed E-state index contributed by atoms with van der Waals surface area (Å²) in [6.45, 7) is 5.25. The summed E-state index contributed by atoms with van der Waals surface area (Å²) in [4.78, 5) is 19.7. The van der Waals surface area contributed by atoms with Crippen LogP contribution < -0.4 is 5.32 Å². The highest BCUT2D eigenvalue weighted by atomic mass is 19.4. The number of carbonyl (C=O) groups is 1. The van der Waals surface area contributed by atoms with Gasteiger partial charge in [0, 0.05) is 23.5 Å². The molecule has 0 spiro atoms. The van der Waals surface area contributed by atoms with Crippen LogP contribution in [0.1, 0.15) is 34.8 Å². The molecule has 1 aromatic carbocycles. The Labute approximate surface area is 153 Å². The van der Waals surface area contributed by atoms with E-state index in [2.05, 4.69) is 20.4 Å². The fourth-order valence-corrected chi connectivity index (χ4v) is 2.88. The van der Waals surface area contributed by atoms with E-state index in [0.717, 1.165) is 10.1 Å². The molecule has 0 bridgehead atoms. The predicted octanol–water partition coefficient (Wildman–Crippen LogP) is 3.64. The fourth-order valence-electron chi connectivity index (χ4n) is 2.88. The van der Waals surface area contributed by atoms with E-state index in [4.69, 9.17) is 0 Å². The summed E-state index contributed by atoms with van der Waals surface area (Å²) >= 11 is 0. The number of nitrogens with one attached hydrogen (secondary N) is 1. The lowest BCUT2D eigenvalue weighted by Crippen LogP contribution is -2.14. The molecule has 0 aliphatic rings. The first-order chi connectivity index (χ1) is 12.6. The molecule has 3 aromatic rings. The Hall–Kier alpha value is -2.97. The Morgan fingerprint density at radius 2 is 1.93 bits per heavy atom. The third-order valence-corrected chi connectivity index (χ3v) is 4.21. The number of fused-ring (bicyclic) bond motifs is 1. The Morgan fingerprint density at radius 3 is 2.59 bits per heavy atom. The molecule has 9 heteroatoms. The van der Waals surface area contributed by atoms with Crippen molar-refractivity contribution < 1.29 is 18.0 Å². The van der Waals surface area contributed by atoms with Crippen molar-refractivity contribution in [2.24, 2.45) is 0 Å². The molecule has 2 aromatic heterocycles. The summed E-state index contributed by atoms with van der Waals surface area (Å²) in [6, 6.07) is 7.43. The molecule has 1 amide bonds. The van der Waals surface area contributed by atoms with Crippen LogP contribution in [-0.4, -0.2) is 25.5 Å². The SMILES string of the molecule is Cc1cccc(NC(=O)CCc2c(C)nc3nc(C(F)(F)F)nn3c2C)c1. The number of hydrogen-bond acceptors (Lipinski definition) is 4. The molecular formula is C18H18F3N5O. The van der Waals surface area contributed by atoms with Crippen LogP contribution in [-0.2, 0) is 17.4 Å². The number of aryl methyl sites for hydroxylation is 3. The highest BCUT2D eigenvalue weighted by molar-refractivity contribution is 5.90. The minimum Gasteiger partial charge on any atom is -0.326 e. The van der Waals surface area contributed by atoms with Crippen molar-refractivity contribution in [3.8, 4) is 0 Å². The summed E-state index contributed by atoms with van der Waals surface area (Å²) in [5.41, 5.74) is 3.43. The first kappa shape index (κ1) is 18.8. The highest BCUT2D eigenvalue weighted by Gasteiger charge is 2.36. The molecule has 0 unspecified atom stereocenters. The average Bonchev–Trinajstić information content (AvgIpc) is 2.99. The lowest BCUT2D eigenvalue weighted by atomic mass is 10.1. The molecule has 0 aliphatic carbocycles.